The summed E-state index contributed by atoms with van der Waals surface area (Å²) in [6.07, 6.45) is 10.8. The third-order valence-corrected chi connectivity index (χ3v) is 9.43. The Balaban J connectivity index is 1.39. The van der Waals surface area contributed by atoms with Crippen LogP contribution in [-0.4, -0.2) is 60.6 Å². The fraction of sp³-hybridized carbons (Fsp3) is 0.581. The average Bonchev–Trinajstić information content (AvgIpc) is 3.16. The van der Waals surface area contributed by atoms with E-state index in [0.29, 0.717) is 12.5 Å². The summed E-state index contributed by atoms with van der Waals surface area (Å²) >= 11 is 0. The van der Waals surface area contributed by atoms with Gasteiger partial charge in [0.1, 0.15) is 5.75 Å². The van der Waals surface area contributed by atoms with Crippen LogP contribution in [0.2, 0.25) is 0 Å². The zero-order valence-corrected chi connectivity index (χ0v) is 22.4. The molecule has 5 rings (SSSR count). The van der Waals surface area contributed by atoms with Crippen LogP contribution in [0.15, 0.2) is 54.6 Å². The molecule has 2 aliphatic carbocycles. The van der Waals surface area contributed by atoms with Crippen molar-refractivity contribution >= 4 is 6.03 Å². The molecule has 1 heterocycles. The molecule has 0 N–H and O–H groups in total. The molecule has 194 valence electrons. The van der Waals surface area contributed by atoms with Gasteiger partial charge in [0, 0.05) is 25.2 Å². The van der Waals surface area contributed by atoms with E-state index >= 15 is 0 Å². The molecule has 2 amide bonds. The van der Waals surface area contributed by atoms with Crippen molar-refractivity contribution in [2.45, 2.75) is 75.4 Å². The standard InChI is InChI=1S/C31H43N3O2/c1-32(2)31(27-12-8-5-9-13-27)20-18-30(19-21-31)24-33(22-26-14-16-28(36-3)17-15-26)29(35)34(30)23-25-10-6-4-7-11-25/h5,8-9,12-17,25H,4,6-7,10-11,18-24H2,1-3H3/t30-,31-. The van der Waals surface area contributed by atoms with Crippen LogP contribution in [0.5, 0.6) is 5.75 Å². The quantitative estimate of drug-likeness (QED) is 0.459. The van der Waals surface area contributed by atoms with Gasteiger partial charge in [0.05, 0.1) is 12.6 Å². The van der Waals surface area contributed by atoms with Crippen LogP contribution in [0.4, 0.5) is 4.79 Å². The van der Waals surface area contributed by atoms with Crippen molar-refractivity contribution in [2.75, 3.05) is 34.3 Å². The van der Waals surface area contributed by atoms with E-state index in [9.17, 15) is 4.79 Å². The van der Waals surface area contributed by atoms with Gasteiger partial charge in [-0.1, -0.05) is 61.7 Å². The molecule has 2 aromatic rings. The van der Waals surface area contributed by atoms with Gasteiger partial charge >= 0.3 is 6.03 Å². The average molecular weight is 490 g/mol. The van der Waals surface area contributed by atoms with Crippen LogP contribution in [0.3, 0.4) is 0 Å². The van der Waals surface area contributed by atoms with E-state index < -0.39 is 0 Å². The minimum absolute atomic E-state index is 0.0372. The highest BCUT2D eigenvalue weighted by atomic mass is 16.5. The highest BCUT2D eigenvalue weighted by molar-refractivity contribution is 5.78. The number of benzene rings is 2. The first-order valence-corrected chi connectivity index (χ1v) is 13.9. The summed E-state index contributed by atoms with van der Waals surface area (Å²) in [5, 5.41) is 0. The molecule has 3 aliphatic rings. The van der Waals surface area contributed by atoms with Gasteiger partial charge < -0.3 is 14.5 Å². The minimum Gasteiger partial charge on any atom is -0.497 e. The van der Waals surface area contributed by atoms with Crippen LogP contribution >= 0.6 is 0 Å². The van der Waals surface area contributed by atoms with Crippen LogP contribution in [0.1, 0.15) is 68.9 Å². The van der Waals surface area contributed by atoms with Gasteiger partial charge in [0.15, 0.2) is 0 Å². The zero-order chi connectivity index (χ0) is 25.2. The smallest absolute Gasteiger partial charge is 0.320 e. The normalized spacial score (nSPS) is 27.3. The molecule has 5 nitrogen and oxygen atoms in total. The van der Waals surface area contributed by atoms with Gasteiger partial charge in [0.25, 0.3) is 0 Å². The van der Waals surface area contributed by atoms with Gasteiger partial charge in [-0.15, -0.1) is 0 Å². The Morgan fingerprint density at radius 1 is 0.917 bits per heavy atom. The number of hydrogen-bond acceptors (Lipinski definition) is 3. The van der Waals surface area contributed by atoms with Crippen molar-refractivity contribution in [3.63, 3.8) is 0 Å². The Morgan fingerprint density at radius 3 is 2.19 bits per heavy atom. The third-order valence-electron chi connectivity index (χ3n) is 9.43. The first kappa shape index (κ1) is 25.1. The van der Waals surface area contributed by atoms with Crippen molar-refractivity contribution in [1.29, 1.82) is 0 Å². The fourth-order valence-electron chi connectivity index (χ4n) is 7.16. The number of amides is 2. The first-order valence-electron chi connectivity index (χ1n) is 13.9. The molecule has 5 heteroatoms. The number of nitrogens with zero attached hydrogens (tertiary/aromatic N) is 3. The summed E-state index contributed by atoms with van der Waals surface area (Å²) in [4.78, 5) is 20.8. The molecule has 1 saturated heterocycles. The molecule has 2 saturated carbocycles. The van der Waals surface area contributed by atoms with Crippen molar-refractivity contribution in [1.82, 2.24) is 14.7 Å². The lowest BCUT2D eigenvalue weighted by Crippen LogP contribution is -2.56. The number of hydrogen-bond donors (Lipinski definition) is 0. The maximum Gasteiger partial charge on any atom is 0.320 e. The van der Waals surface area contributed by atoms with Gasteiger partial charge in [-0.3, -0.25) is 4.90 Å². The molecule has 1 aliphatic heterocycles. The topological polar surface area (TPSA) is 36.0 Å². The maximum absolute atomic E-state index is 14.0. The Bertz CT molecular complexity index is 1010. The number of carbonyl (C=O) groups excluding carboxylic acids is 1. The summed E-state index contributed by atoms with van der Waals surface area (Å²) in [7, 11) is 6.14. The van der Waals surface area contributed by atoms with Gasteiger partial charge in [0.2, 0.25) is 0 Å². The van der Waals surface area contributed by atoms with Crippen molar-refractivity contribution in [3.05, 3.63) is 65.7 Å². The van der Waals surface area contributed by atoms with Gasteiger partial charge in [-0.05, 0) is 81.8 Å². The molecule has 0 atom stereocenters. The highest BCUT2D eigenvalue weighted by Crippen LogP contribution is 2.49. The Morgan fingerprint density at radius 2 is 1.58 bits per heavy atom. The number of methoxy groups -OCH3 is 1. The molecule has 0 bridgehead atoms. The molecular formula is C31H43N3O2. The van der Waals surface area contributed by atoms with Crippen LogP contribution in [0.25, 0.3) is 0 Å². The van der Waals surface area contributed by atoms with Crippen LogP contribution < -0.4 is 4.74 Å². The molecule has 1 spiro atoms. The highest BCUT2D eigenvalue weighted by Gasteiger charge is 2.54. The third kappa shape index (κ3) is 4.74. The largest absolute Gasteiger partial charge is 0.497 e. The molecular weight excluding hydrogens is 446 g/mol. The number of carbonyl (C=O) groups is 1. The second kappa shape index (κ2) is 10.5. The summed E-state index contributed by atoms with van der Waals surface area (Å²) in [6, 6.07) is 19.4. The van der Waals surface area contributed by atoms with Gasteiger partial charge in [-0.2, -0.15) is 0 Å². The van der Waals surface area contributed by atoms with Crippen molar-refractivity contribution in [2.24, 2.45) is 5.92 Å². The predicted octanol–water partition coefficient (Wildman–Crippen LogP) is 6.28. The number of ether oxygens (including phenoxy) is 1. The molecule has 3 fully saturated rings. The van der Waals surface area contributed by atoms with E-state index in [-0.39, 0.29) is 17.1 Å². The van der Waals surface area contributed by atoms with E-state index in [4.69, 9.17) is 4.74 Å². The van der Waals surface area contributed by atoms with E-state index in [1.54, 1.807) is 7.11 Å². The fourth-order valence-corrected chi connectivity index (χ4v) is 7.16. The molecule has 0 aromatic heterocycles. The Labute approximate surface area is 217 Å². The zero-order valence-electron chi connectivity index (χ0n) is 22.4. The minimum atomic E-state index is -0.0602. The lowest BCUT2D eigenvalue weighted by atomic mass is 9.68. The second-order valence-corrected chi connectivity index (χ2v) is 11.6. The Kier molecular flexibility index (Phi) is 7.30. The summed E-state index contributed by atoms with van der Waals surface area (Å²) < 4.78 is 5.33. The number of urea groups is 1. The maximum atomic E-state index is 14.0. The van der Waals surface area contributed by atoms with Crippen LogP contribution in [-0.2, 0) is 12.1 Å². The predicted molar refractivity (Wildman–Crippen MR) is 145 cm³/mol. The first-order chi connectivity index (χ1) is 17.5. The van der Waals surface area contributed by atoms with Gasteiger partial charge in [-0.25, -0.2) is 4.79 Å². The lowest BCUT2D eigenvalue weighted by molar-refractivity contribution is 0.0183. The summed E-state index contributed by atoms with van der Waals surface area (Å²) in [6.45, 7) is 2.43. The van der Waals surface area contributed by atoms with Crippen molar-refractivity contribution < 1.29 is 9.53 Å². The Hall–Kier alpha value is -2.53. The summed E-state index contributed by atoms with van der Waals surface area (Å²) in [5.41, 5.74) is 2.55. The molecule has 2 aromatic carbocycles. The molecule has 0 radical (unpaired) electrons. The van der Waals surface area contributed by atoms with E-state index in [1.807, 2.05) is 12.1 Å². The van der Waals surface area contributed by atoms with Crippen LogP contribution in [0, 0.1) is 5.92 Å². The van der Waals surface area contributed by atoms with E-state index in [2.05, 4.69) is 71.3 Å². The van der Waals surface area contributed by atoms with E-state index in [0.717, 1.165) is 44.5 Å². The summed E-state index contributed by atoms with van der Waals surface area (Å²) in [5.74, 6) is 1.50. The van der Waals surface area contributed by atoms with Crippen molar-refractivity contribution in [3.8, 4) is 5.75 Å². The lowest BCUT2D eigenvalue weighted by Gasteiger charge is -2.51. The second-order valence-electron chi connectivity index (χ2n) is 11.6. The SMILES string of the molecule is COc1ccc(CN2C[C@]3(CC[C@@](c4ccccc4)(N(C)C)CC3)N(CC3CCCCC3)C2=O)cc1. The number of rotatable bonds is 7. The molecule has 0 unspecified atom stereocenters. The molecule has 36 heavy (non-hydrogen) atoms. The monoisotopic (exact) mass is 489 g/mol. The van der Waals surface area contributed by atoms with E-state index in [1.165, 1.54) is 43.2 Å².